The maximum Gasteiger partial charge on any atom is 0.229 e. The number of aromatic nitrogens is 3. The van der Waals surface area contributed by atoms with Gasteiger partial charge in [-0.3, -0.25) is 0 Å². The molecule has 0 saturated carbocycles. The van der Waals surface area contributed by atoms with E-state index in [0.717, 1.165) is 42.0 Å². The zero-order valence-corrected chi connectivity index (χ0v) is 19.8. The summed E-state index contributed by atoms with van der Waals surface area (Å²) in [5, 5.41) is 7.93. The topological polar surface area (TPSA) is 61.2 Å². The van der Waals surface area contributed by atoms with Gasteiger partial charge in [0.15, 0.2) is 0 Å². The molecule has 164 valence electrons. The highest BCUT2D eigenvalue weighted by Crippen LogP contribution is 2.28. The molecular weight excluding hydrogens is 466 g/mol. The van der Waals surface area contributed by atoms with Crippen molar-refractivity contribution in [2.75, 3.05) is 48.8 Å². The van der Waals surface area contributed by atoms with Gasteiger partial charge in [-0.2, -0.15) is 4.98 Å². The first kappa shape index (κ1) is 20.8. The van der Waals surface area contributed by atoms with Crippen molar-refractivity contribution in [3.8, 4) is 0 Å². The first-order chi connectivity index (χ1) is 15.5. The van der Waals surface area contributed by atoms with Gasteiger partial charge in [-0.15, -0.1) is 0 Å². The van der Waals surface area contributed by atoms with Crippen molar-refractivity contribution in [3.63, 3.8) is 0 Å². The maximum atomic E-state index is 4.67. The van der Waals surface area contributed by atoms with Crippen molar-refractivity contribution in [1.29, 1.82) is 0 Å². The molecule has 2 aromatic heterocycles. The first-order valence-electron chi connectivity index (χ1n) is 10.7. The van der Waals surface area contributed by atoms with Crippen LogP contribution in [0.5, 0.6) is 0 Å². The number of likely N-dealkylation sites (N-methyl/N-ethyl adjacent to an activating group) is 1. The Morgan fingerprint density at radius 2 is 1.62 bits per heavy atom. The molecule has 1 aliphatic rings. The molecule has 2 N–H and O–H groups in total. The zero-order chi connectivity index (χ0) is 22.1. The minimum absolute atomic E-state index is 0.544. The summed E-state index contributed by atoms with van der Waals surface area (Å²) in [6, 6.07) is 16.9. The SMILES string of the molecule is CN1CCN(c2ccc(Nc3ncc(Br)c(Nc4ccc5ccn(C)c5c4)n3)cc2)CC1. The second-order valence-corrected chi connectivity index (χ2v) is 9.03. The number of piperazine rings is 1. The van der Waals surface area contributed by atoms with E-state index >= 15 is 0 Å². The third kappa shape index (κ3) is 4.42. The van der Waals surface area contributed by atoms with Crippen LogP contribution in [-0.4, -0.2) is 52.7 Å². The van der Waals surface area contributed by atoms with Crippen LogP contribution in [0.3, 0.4) is 0 Å². The van der Waals surface area contributed by atoms with Crippen LogP contribution >= 0.6 is 15.9 Å². The van der Waals surface area contributed by atoms with E-state index in [2.05, 4.69) is 113 Å². The first-order valence-corrected chi connectivity index (χ1v) is 11.5. The molecule has 8 heteroatoms. The lowest BCUT2D eigenvalue weighted by Crippen LogP contribution is -2.44. The predicted octanol–water partition coefficient (Wildman–Crippen LogP) is 4.97. The summed E-state index contributed by atoms with van der Waals surface area (Å²) in [6.45, 7) is 4.31. The fourth-order valence-corrected chi connectivity index (χ4v) is 4.23. The van der Waals surface area contributed by atoms with Gasteiger partial charge in [0, 0.05) is 68.2 Å². The summed E-state index contributed by atoms with van der Waals surface area (Å²) >= 11 is 3.56. The molecular formula is C24H26BrN7. The van der Waals surface area contributed by atoms with Gasteiger partial charge in [0.25, 0.3) is 0 Å². The molecule has 4 aromatic rings. The van der Waals surface area contributed by atoms with Crippen molar-refractivity contribution in [2.24, 2.45) is 7.05 Å². The smallest absolute Gasteiger partial charge is 0.229 e. The molecule has 7 nitrogen and oxygen atoms in total. The monoisotopic (exact) mass is 491 g/mol. The average Bonchev–Trinajstić information content (AvgIpc) is 3.17. The van der Waals surface area contributed by atoms with Crippen molar-refractivity contribution in [3.05, 3.63) is 65.4 Å². The van der Waals surface area contributed by atoms with Crippen LogP contribution in [-0.2, 0) is 7.05 Å². The molecule has 32 heavy (non-hydrogen) atoms. The largest absolute Gasteiger partial charge is 0.369 e. The Balaban J connectivity index is 1.30. The summed E-state index contributed by atoms with van der Waals surface area (Å²) < 4.78 is 2.91. The van der Waals surface area contributed by atoms with Crippen molar-refractivity contribution in [1.82, 2.24) is 19.4 Å². The van der Waals surface area contributed by atoms with E-state index in [4.69, 9.17) is 0 Å². The second-order valence-electron chi connectivity index (χ2n) is 8.18. The summed E-state index contributed by atoms with van der Waals surface area (Å²) in [4.78, 5) is 13.9. The summed E-state index contributed by atoms with van der Waals surface area (Å²) in [5.74, 6) is 1.26. The highest BCUT2D eigenvalue weighted by molar-refractivity contribution is 9.10. The third-order valence-electron chi connectivity index (χ3n) is 5.89. The Kier molecular flexibility index (Phi) is 5.71. The number of nitrogens with zero attached hydrogens (tertiary/aromatic N) is 5. The molecule has 1 fully saturated rings. The number of anilines is 5. The van der Waals surface area contributed by atoms with Crippen molar-refractivity contribution in [2.45, 2.75) is 0 Å². The number of nitrogens with one attached hydrogen (secondary N) is 2. The van der Waals surface area contributed by atoms with Crippen molar-refractivity contribution >= 4 is 55.7 Å². The number of halogens is 1. The number of hydrogen-bond donors (Lipinski definition) is 2. The Labute approximate surface area is 196 Å². The molecule has 0 aliphatic carbocycles. The van der Waals surface area contributed by atoms with Gasteiger partial charge in [0.05, 0.1) is 4.47 Å². The van der Waals surface area contributed by atoms with E-state index in [-0.39, 0.29) is 0 Å². The Morgan fingerprint density at radius 1 is 0.875 bits per heavy atom. The van der Waals surface area contributed by atoms with Gasteiger partial charge in [0.1, 0.15) is 5.82 Å². The van der Waals surface area contributed by atoms with Crippen LogP contribution in [0.25, 0.3) is 10.9 Å². The Bertz CT molecular complexity index is 1230. The molecule has 5 rings (SSSR count). The highest BCUT2D eigenvalue weighted by Gasteiger charge is 2.14. The maximum absolute atomic E-state index is 4.67. The summed E-state index contributed by atoms with van der Waals surface area (Å²) in [5.41, 5.74) is 4.35. The van der Waals surface area contributed by atoms with Crippen LogP contribution < -0.4 is 15.5 Å². The van der Waals surface area contributed by atoms with E-state index in [9.17, 15) is 0 Å². The quantitative estimate of drug-likeness (QED) is 0.410. The molecule has 0 spiro atoms. The molecule has 0 radical (unpaired) electrons. The van der Waals surface area contributed by atoms with Crippen LogP contribution in [0.1, 0.15) is 0 Å². The van der Waals surface area contributed by atoms with Gasteiger partial charge in [-0.25, -0.2) is 4.98 Å². The van der Waals surface area contributed by atoms with E-state index in [1.165, 1.54) is 16.6 Å². The molecule has 3 heterocycles. The fraction of sp³-hybridized carbons (Fsp3) is 0.250. The highest BCUT2D eigenvalue weighted by atomic mass is 79.9. The standard InChI is InChI=1S/C24H26BrN7/c1-30-11-13-32(14-12-30)20-7-5-18(6-8-20)28-24-26-16-21(25)23(29-24)27-19-4-3-17-9-10-31(2)22(17)15-19/h3-10,15-16H,11-14H2,1-2H3,(H2,26,27,28,29). The number of aryl methyl sites for hydroxylation is 1. The van der Waals surface area contributed by atoms with Crippen molar-refractivity contribution < 1.29 is 0 Å². The molecule has 1 saturated heterocycles. The number of benzene rings is 2. The van der Waals surface area contributed by atoms with E-state index in [1.807, 2.05) is 7.05 Å². The van der Waals surface area contributed by atoms with Gasteiger partial charge in [-0.1, -0.05) is 6.07 Å². The summed E-state index contributed by atoms with van der Waals surface area (Å²) in [7, 11) is 4.22. The van der Waals surface area contributed by atoms with Crippen LogP contribution in [0.2, 0.25) is 0 Å². The Morgan fingerprint density at radius 3 is 2.41 bits per heavy atom. The number of fused-ring (bicyclic) bond motifs is 1. The lowest BCUT2D eigenvalue weighted by molar-refractivity contribution is 0.313. The number of hydrogen-bond acceptors (Lipinski definition) is 6. The fourth-order valence-electron chi connectivity index (χ4n) is 3.94. The molecule has 1 aliphatic heterocycles. The normalized spacial score (nSPS) is 14.7. The third-order valence-corrected chi connectivity index (χ3v) is 6.47. The predicted molar refractivity (Wildman–Crippen MR) is 135 cm³/mol. The van der Waals surface area contributed by atoms with Gasteiger partial charge < -0.3 is 25.0 Å². The number of rotatable bonds is 5. The molecule has 0 amide bonds. The van der Waals surface area contributed by atoms with Crippen LogP contribution in [0, 0.1) is 0 Å². The molecule has 2 aromatic carbocycles. The minimum Gasteiger partial charge on any atom is -0.369 e. The molecule has 0 bridgehead atoms. The molecule has 0 unspecified atom stereocenters. The van der Waals surface area contributed by atoms with Gasteiger partial charge in [0.2, 0.25) is 5.95 Å². The van der Waals surface area contributed by atoms with Crippen LogP contribution in [0.4, 0.5) is 28.8 Å². The van der Waals surface area contributed by atoms with Gasteiger partial charge in [-0.05, 0) is 70.8 Å². The average molecular weight is 492 g/mol. The molecule has 0 atom stereocenters. The van der Waals surface area contributed by atoms with Gasteiger partial charge >= 0.3 is 0 Å². The minimum atomic E-state index is 0.544. The zero-order valence-electron chi connectivity index (χ0n) is 18.2. The Hall–Kier alpha value is -3.10. The second kappa shape index (κ2) is 8.80. The van der Waals surface area contributed by atoms with E-state index in [0.29, 0.717) is 11.8 Å². The summed E-state index contributed by atoms with van der Waals surface area (Å²) in [6.07, 6.45) is 3.82. The van der Waals surface area contributed by atoms with E-state index < -0.39 is 0 Å². The lowest BCUT2D eigenvalue weighted by atomic mass is 10.2. The lowest BCUT2D eigenvalue weighted by Gasteiger charge is -2.34. The van der Waals surface area contributed by atoms with E-state index in [1.54, 1.807) is 6.20 Å². The van der Waals surface area contributed by atoms with Crippen LogP contribution in [0.15, 0.2) is 65.4 Å².